The number of hydrogen-bond acceptors (Lipinski definition) is 3. The average Bonchev–Trinajstić information content (AvgIpc) is 2.98. The zero-order chi connectivity index (χ0) is 19.0. The van der Waals surface area contributed by atoms with Gasteiger partial charge in [-0.1, -0.05) is 43.7 Å². The second-order valence-electron chi connectivity index (χ2n) is 7.44. The molecule has 1 aliphatic heterocycles. The van der Waals surface area contributed by atoms with Crippen LogP contribution >= 0.6 is 23.7 Å². The molecule has 0 bridgehead atoms. The number of carbonyl (C=O) groups is 1. The van der Waals surface area contributed by atoms with Crippen LogP contribution in [0.5, 0.6) is 0 Å². The summed E-state index contributed by atoms with van der Waals surface area (Å²) in [5, 5.41) is 9.76. The lowest BCUT2D eigenvalue weighted by atomic mass is 9.85. The molecule has 0 radical (unpaired) electrons. The first-order valence-corrected chi connectivity index (χ1v) is 10.9. The minimum absolute atomic E-state index is 0. The number of carboxylic acids is 1. The van der Waals surface area contributed by atoms with Gasteiger partial charge >= 0.3 is 5.97 Å². The molecule has 0 spiro atoms. The van der Waals surface area contributed by atoms with Crippen LogP contribution in [0.15, 0.2) is 29.8 Å². The summed E-state index contributed by atoms with van der Waals surface area (Å²) in [6.45, 7) is 7.62. The molecule has 1 N–H and O–H groups in total. The molecule has 1 saturated heterocycles. The number of halogens is 1. The zero-order valence-corrected chi connectivity index (χ0v) is 18.2. The molecule has 28 heavy (non-hydrogen) atoms. The highest BCUT2D eigenvalue weighted by Gasteiger charge is 2.30. The van der Waals surface area contributed by atoms with Gasteiger partial charge in [0.1, 0.15) is 4.88 Å². The first-order valence-electron chi connectivity index (χ1n) is 10.0. The lowest BCUT2D eigenvalue weighted by Crippen LogP contribution is -2.30. The Balaban J connectivity index is 0.00000225. The van der Waals surface area contributed by atoms with Crippen molar-refractivity contribution in [2.24, 2.45) is 0 Å². The summed E-state index contributed by atoms with van der Waals surface area (Å²) in [7, 11) is 0. The van der Waals surface area contributed by atoms with E-state index in [4.69, 9.17) is 0 Å². The monoisotopic (exact) mass is 417 g/mol. The van der Waals surface area contributed by atoms with Gasteiger partial charge in [0.25, 0.3) is 0 Å². The Morgan fingerprint density at radius 1 is 1.11 bits per heavy atom. The molecule has 2 aliphatic rings. The van der Waals surface area contributed by atoms with E-state index < -0.39 is 5.97 Å². The molecule has 2 aromatic rings. The third kappa shape index (κ3) is 3.66. The summed E-state index contributed by atoms with van der Waals surface area (Å²) in [5.74, 6) is -0.775. The molecular weight excluding hydrogens is 390 g/mol. The molecule has 3 nitrogen and oxygen atoms in total. The van der Waals surface area contributed by atoms with E-state index in [-0.39, 0.29) is 12.4 Å². The number of piperidine rings is 1. The summed E-state index contributed by atoms with van der Waals surface area (Å²) in [6, 6.07) is 8.75. The molecule has 1 fully saturated rings. The predicted octanol–water partition coefficient (Wildman–Crippen LogP) is 5.45. The van der Waals surface area contributed by atoms with E-state index in [0.29, 0.717) is 4.88 Å². The Hall–Kier alpha value is -1.62. The number of hydrogen-bond donors (Lipinski definition) is 1. The molecule has 0 saturated carbocycles. The number of aryl methyl sites for hydroxylation is 2. The van der Waals surface area contributed by atoms with Crippen LogP contribution in [-0.4, -0.2) is 35.6 Å². The molecule has 1 aromatic carbocycles. The summed E-state index contributed by atoms with van der Waals surface area (Å²) >= 11 is 1.51. The lowest BCUT2D eigenvalue weighted by molar-refractivity contribution is 0.0701. The lowest BCUT2D eigenvalue weighted by Gasteiger charge is -2.29. The fraction of sp³-hybridized carbons (Fsp3) is 0.435. The number of likely N-dealkylation sites (tertiary alicyclic amines) is 1. The van der Waals surface area contributed by atoms with Crippen molar-refractivity contribution in [3.8, 4) is 0 Å². The van der Waals surface area contributed by atoms with E-state index in [1.807, 2.05) is 0 Å². The number of carboxylic acid groups (broad SMARTS) is 1. The Labute approximate surface area is 177 Å². The highest BCUT2D eigenvalue weighted by Crippen LogP contribution is 2.44. The number of nitrogens with zero attached hydrogens (tertiary/aromatic N) is 1. The van der Waals surface area contributed by atoms with Crippen molar-refractivity contribution in [1.82, 2.24) is 4.90 Å². The van der Waals surface area contributed by atoms with Crippen molar-refractivity contribution in [1.29, 1.82) is 0 Å². The van der Waals surface area contributed by atoms with Gasteiger partial charge in [-0.3, -0.25) is 0 Å². The van der Waals surface area contributed by atoms with Gasteiger partial charge in [-0.05, 0) is 60.9 Å². The minimum atomic E-state index is -0.775. The van der Waals surface area contributed by atoms with E-state index in [9.17, 15) is 9.90 Å². The van der Waals surface area contributed by atoms with Crippen LogP contribution < -0.4 is 0 Å². The molecule has 4 rings (SSSR count). The van der Waals surface area contributed by atoms with Crippen molar-refractivity contribution < 1.29 is 9.90 Å². The van der Waals surface area contributed by atoms with Gasteiger partial charge in [0, 0.05) is 23.5 Å². The van der Waals surface area contributed by atoms with Crippen LogP contribution in [0.1, 0.15) is 63.5 Å². The predicted molar refractivity (Wildman–Crippen MR) is 119 cm³/mol. The van der Waals surface area contributed by atoms with Crippen molar-refractivity contribution >= 4 is 35.3 Å². The second kappa shape index (κ2) is 8.81. The number of rotatable bonds is 3. The maximum Gasteiger partial charge on any atom is 0.346 e. The molecule has 150 valence electrons. The van der Waals surface area contributed by atoms with Gasteiger partial charge in [0.05, 0.1) is 0 Å². The average molecular weight is 418 g/mol. The van der Waals surface area contributed by atoms with E-state index in [1.165, 1.54) is 44.1 Å². The zero-order valence-electron chi connectivity index (χ0n) is 16.6. The van der Waals surface area contributed by atoms with E-state index in [0.717, 1.165) is 57.3 Å². The molecule has 2 heterocycles. The molecule has 0 unspecified atom stereocenters. The molecule has 0 atom stereocenters. The number of benzene rings is 1. The number of thiophene rings is 1. The normalized spacial score (nSPS) is 16.8. The molecular formula is C23H28ClNO2S. The van der Waals surface area contributed by atoms with Crippen LogP contribution in [0.4, 0.5) is 0 Å². The Morgan fingerprint density at radius 3 is 2.46 bits per heavy atom. The third-order valence-electron chi connectivity index (χ3n) is 6.05. The molecule has 1 aliphatic carbocycles. The quantitative estimate of drug-likeness (QED) is 0.722. The smallest absolute Gasteiger partial charge is 0.346 e. The summed E-state index contributed by atoms with van der Waals surface area (Å²) in [4.78, 5) is 16.2. The summed E-state index contributed by atoms with van der Waals surface area (Å²) in [6.07, 6.45) is 4.86. The van der Waals surface area contributed by atoms with Crippen LogP contribution in [-0.2, 0) is 19.3 Å². The number of fused-ring (bicyclic) bond motifs is 2. The highest BCUT2D eigenvalue weighted by molar-refractivity contribution is 7.14. The van der Waals surface area contributed by atoms with Crippen molar-refractivity contribution in [2.75, 3.05) is 19.6 Å². The maximum atomic E-state index is 11.9. The summed E-state index contributed by atoms with van der Waals surface area (Å²) < 4.78 is 0. The minimum Gasteiger partial charge on any atom is -0.477 e. The first-order chi connectivity index (χ1) is 13.1. The molecule has 0 amide bonds. The van der Waals surface area contributed by atoms with Gasteiger partial charge in [-0.2, -0.15) is 0 Å². The fourth-order valence-electron chi connectivity index (χ4n) is 4.62. The third-order valence-corrected chi connectivity index (χ3v) is 7.33. The van der Waals surface area contributed by atoms with Crippen LogP contribution in [0.25, 0.3) is 5.57 Å². The van der Waals surface area contributed by atoms with E-state index in [1.54, 1.807) is 0 Å². The van der Waals surface area contributed by atoms with Crippen molar-refractivity contribution in [3.05, 3.63) is 61.8 Å². The van der Waals surface area contributed by atoms with Gasteiger partial charge in [-0.15, -0.1) is 23.7 Å². The topological polar surface area (TPSA) is 40.5 Å². The Bertz CT molecular complexity index is 905. The van der Waals surface area contributed by atoms with Gasteiger partial charge in [0.2, 0.25) is 0 Å². The highest BCUT2D eigenvalue weighted by atomic mass is 35.5. The standard InChI is InChI=1S/C23H27NO2S.ClH/c1-3-17-21-19(27-22(17)23(25)26)10-9-15-7-5-6-8-18(15)20(21)16-11-13-24(4-2)14-12-16;/h5-8H,3-4,9-14H2,1-2H3,(H,25,26);1H. The SMILES string of the molecule is CCc1c(C(=O)O)sc2c1C(=C1CCN(CC)CC1)c1ccccc1CC2.Cl. The maximum absolute atomic E-state index is 11.9. The van der Waals surface area contributed by atoms with Gasteiger partial charge in [-0.25, -0.2) is 4.79 Å². The van der Waals surface area contributed by atoms with Crippen molar-refractivity contribution in [3.63, 3.8) is 0 Å². The first kappa shape index (κ1) is 21.1. The molecule has 5 heteroatoms. The number of aromatic carboxylic acids is 1. The fourth-order valence-corrected chi connectivity index (χ4v) is 5.85. The largest absolute Gasteiger partial charge is 0.477 e. The van der Waals surface area contributed by atoms with Gasteiger partial charge in [0.15, 0.2) is 0 Å². The van der Waals surface area contributed by atoms with Crippen LogP contribution in [0, 0.1) is 0 Å². The summed E-state index contributed by atoms with van der Waals surface area (Å²) in [5.41, 5.74) is 7.90. The second-order valence-corrected chi connectivity index (χ2v) is 8.54. The van der Waals surface area contributed by atoms with Gasteiger partial charge < -0.3 is 10.0 Å². The van der Waals surface area contributed by atoms with Crippen molar-refractivity contribution in [2.45, 2.75) is 46.0 Å². The van der Waals surface area contributed by atoms with Crippen LogP contribution in [0.2, 0.25) is 0 Å². The Kier molecular flexibility index (Phi) is 6.64. The van der Waals surface area contributed by atoms with Crippen LogP contribution in [0.3, 0.4) is 0 Å². The van der Waals surface area contributed by atoms with E-state index in [2.05, 4.69) is 43.0 Å². The molecule has 1 aromatic heterocycles. The Morgan fingerprint density at radius 2 is 1.82 bits per heavy atom. The van der Waals surface area contributed by atoms with E-state index >= 15 is 0 Å².